The zero-order chi connectivity index (χ0) is 12.3. The lowest BCUT2D eigenvalue weighted by atomic mass is 10.0. The van der Waals surface area contributed by atoms with Gasteiger partial charge in [0.25, 0.3) is 0 Å². The van der Waals surface area contributed by atoms with Gasteiger partial charge in [0.15, 0.2) is 0 Å². The second-order valence-electron chi connectivity index (χ2n) is 4.28. The molecule has 0 aliphatic carbocycles. The van der Waals surface area contributed by atoms with Crippen molar-refractivity contribution in [1.29, 1.82) is 5.26 Å². The van der Waals surface area contributed by atoms with Gasteiger partial charge in [0.2, 0.25) is 0 Å². The summed E-state index contributed by atoms with van der Waals surface area (Å²) in [4.78, 5) is 0. The Balaban J connectivity index is 2.04. The van der Waals surface area contributed by atoms with Crippen molar-refractivity contribution in [2.24, 2.45) is 5.92 Å². The maximum Gasteiger partial charge on any atom is 0.103 e. The number of rotatable bonds is 3. The molecule has 1 aliphatic rings. The summed E-state index contributed by atoms with van der Waals surface area (Å²) in [6.45, 7) is 3.80. The Morgan fingerprint density at radius 3 is 3.06 bits per heavy atom. The number of hydrogen-bond acceptors (Lipinski definition) is 3. The van der Waals surface area contributed by atoms with Crippen molar-refractivity contribution in [2.75, 3.05) is 18.5 Å². The number of nitrogens with zero attached hydrogens (tertiary/aromatic N) is 1. The monoisotopic (exact) mass is 294 g/mol. The van der Waals surface area contributed by atoms with E-state index in [0.29, 0.717) is 17.6 Å². The molecule has 0 spiro atoms. The normalized spacial score (nSPS) is 23.4. The summed E-state index contributed by atoms with van der Waals surface area (Å²) >= 11 is 3.39. The molecule has 2 unspecified atom stereocenters. The van der Waals surface area contributed by atoms with E-state index in [2.05, 4.69) is 34.2 Å². The topological polar surface area (TPSA) is 45.0 Å². The van der Waals surface area contributed by atoms with Crippen LogP contribution in [0.3, 0.4) is 0 Å². The van der Waals surface area contributed by atoms with Crippen LogP contribution in [0.4, 0.5) is 5.69 Å². The third-order valence-electron chi connectivity index (χ3n) is 3.21. The molecular formula is C13H15BrN2O. The van der Waals surface area contributed by atoms with Crippen LogP contribution in [0, 0.1) is 17.2 Å². The van der Waals surface area contributed by atoms with Crippen molar-refractivity contribution in [2.45, 2.75) is 19.4 Å². The van der Waals surface area contributed by atoms with Crippen LogP contribution in [0.25, 0.3) is 0 Å². The number of benzene rings is 1. The molecule has 0 amide bonds. The van der Waals surface area contributed by atoms with Crippen molar-refractivity contribution in [3.05, 3.63) is 28.2 Å². The van der Waals surface area contributed by atoms with Gasteiger partial charge in [-0.2, -0.15) is 5.26 Å². The van der Waals surface area contributed by atoms with E-state index >= 15 is 0 Å². The number of hydrogen-bond donors (Lipinski definition) is 1. The van der Waals surface area contributed by atoms with Crippen LogP contribution in [0.2, 0.25) is 0 Å². The number of anilines is 1. The van der Waals surface area contributed by atoms with Gasteiger partial charge in [-0.25, -0.2) is 0 Å². The highest BCUT2D eigenvalue weighted by atomic mass is 79.9. The van der Waals surface area contributed by atoms with Gasteiger partial charge in [-0.15, -0.1) is 0 Å². The van der Waals surface area contributed by atoms with Crippen LogP contribution in [-0.4, -0.2) is 19.3 Å². The molecule has 0 saturated carbocycles. The van der Waals surface area contributed by atoms with E-state index in [4.69, 9.17) is 10.00 Å². The predicted molar refractivity (Wildman–Crippen MR) is 70.9 cm³/mol. The lowest BCUT2D eigenvalue weighted by molar-refractivity contribution is 0.108. The zero-order valence-electron chi connectivity index (χ0n) is 9.74. The van der Waals surface area contributed by atoms with Crippen molar-refractivity contribution in [3.8, 4) is 6.07 Å². The molecule has 0 aromatic heterocycles. The van der Waals surface area contributed by atoms with Gasteiger partial charge in [0.1, 0.15) is 6.07 Å². The summed E-state index contributed by atoms with van der Waals surface area (Å²) in [6.07, 6.45) is 1.39. The summed E-state index contributed by atoms with van der Waals surface area (Å²) in [5.41, 5.74) is 1.56. The molecule has 90 valence electrons. The van der Waals surface area contributed by atoms with Crippen molar-refractivity contribution in [3.63, 3.8) is 0 Å². The van der Waals surface area contributed by atoms with Gasteiger partial charge in [-0.1, -0.05) is 6.07 Å². The van der Waals surface area contributed by atoms with Gasteiger partial charge >= 0.3 is 0 Å². The average Bonchev–Trinajstić information content (AvgIpc) is 2.72. The Hall–Kier alpha value is -1.05. The van der Waals surface area contributed by atoms with E-state index < -0.39 is 0 Å². The third kappa shape index (κ3) is 2.80. The molecule has 1 saturated heterocycles. The standard InChI is InChI=1S/C13H15BrN2O/c1-9-10(5-6-17-9)8-16-13-4-2-3-12(14)11(13)7-15/h2-4,9-10,16H,5-6,8H2,1H3. The molecule has 1 N–H and O–H groups in total. The largest absolute Gasteiger partial charge is 0.384 e. The van der Waals surface area contributed by atoms with Crippen LogP contribution < -0.4 is 5.32 Å². The third-order valence-corrected chi connectivity index (χ3v) is 3.87. The van der Waals surface area contributed by atoms with Crippen molar-refractivity contribution in [1.82, 2.24) is 0 Å². The number of nitrogens with one attached hydrogen (secondary N) is 1. The van der Waals surface area contributed by atoms with E-state index in [-0.39, 0.29) is 0 Å². The predicted octanol–water partition coefficient (Wildman–Crippen LogP) is 3.16. The van der Waals surface area contributed by atoms with E-state index in [1.165, 1.54) is 0 Å². The van der Waals surface area contributed by atoms with Gasteiger partial charge in [0, 0.05) is 23.5 Å². The van der Waals surface area contributed by atoms with E-state index in [1.54, 1.807) is 0 Å². The SMILES string of the molecule is CC1OCCC1CNc1cccc(Br)c1C#N. The van der Waals surface area contributed by atoms with Crippen LogP contribution >= 0.6 is 15.9 Å². The Kier molecular flexibility index (Phi) is 4.03. The molecule has 0 bridgehead atoms. The minimum absolute atomic E-state index is 0.306. The minimum Gasteiger partial charge on any atom is -0.384 e. The molecule has 1 aliphatic heterocycles. The van der Waals surface area contributed by atoms with Crippen LogP contribution in [0.5, 0.6) is 0 Å². The molecule has 2 atom stereocenters. The quantitative estimate of drug-likeness (QED) is 0.931. The first kappa shape index (κ1) is 12.4. The van der Waals surface area contributed by atoms with Gasteiger partial charge in [-0.05, 0) is 41.4 Å². The number of ether oxygens (including phenoxy) is 1. The minimum atomic E-state index is 0.306. The first-order chi connectivity index (χ1) is 8.22. The molecule has 2 rings (SSSR count). The highest BCUT2D eigenvalue weighted by Gasteiger charge is 2.23. The molecular weight excluding hydrogens is 280 g/mol. The summed E-state index contributed by atoms with van der Waals surface area (Å²) in [6, 6.07) is 7.96. The molecule has 4 heteroatoms. The van der Waals surface area contributed by atoms with Crippen LogP contribution in [0.1, 0.15) is 18.9 Å². The first-order valence-corrected chi connectivity index (χ1v) is 6.55. The number of halogens is 1. The average molecular weight is 295 g/mol. The molecule has 1 heterocycles. The van der Waals surface area contributed by atoms with Crippen LogP contribution in [-0.2, 0) is 4.74 Å². The summed E-state index contributed by atoms with van der Waals surface area (Å²) in [5, 5.41) is 12.4. The molecule has 0 radical (unpaired) electrons. The van der Waals surface area contributed by atoms with Gasteiger partial charge < -0.3 is 10.1 Å². The van der Waals surface area contributed by atoms with Gasteiger partial charge in [0.05, 0.1) is 17.4 Å². The van der Waals surface area contributed by atoms with Gasteiger partial charge in [-0.3, -0.25) is 0 Å². The Labute approximate surface area is 110 Å². The summed E-state index contributed by atoms with van der Waals surface area (Å²) in [7, 11) is 0. The zero-order valence-corrected chi connectivity index (χ0v) is 11.3. The second kappa shape index (κ2) is 5.52. The maximum absolute atomic E-state index is 9.10. The van der Waals surface area contributed by atoms with E-state index in [0.717, 1.165) is 29.7 Å². The molecule has 1 fully saturated rings. The fourth-order valence-electron chi connectivity index (χ4n) is 2.07. The fraction of sp³-hybridized carbons (Fsp3) is 0.462. The number of nitriles is 1. The Bertz CT molecular complexity index is 442. The second-order valence-corrected chi connectivity index (χ2v) is 5.13. The maximum atomic E-state index is 9.10. The first-order valence-electron chi connectivity index (χ1n) is 5.76. The molecule has 1 aromatic carbocycles. The van der Waals surface area contributed by atoms with E-state index in [9.17, 15) is 0 Å². The Morgan fingerprint density at radius 1 is 1.59 bits per heavy atom. The smallest absolute Gasteiger partial charge is 0.103 e. The summed E-state index contributed by atoms with van der Waals surface area (Å²) in [5.74, 6) is 0.528. The van der Waals surface area contributed by atoms with Crippen LogP contribution in [0.15, 0.2) is 22.7 Å². The van der Waals surface area contributed by atoms with Crippen molar-refractivity contribution < 1.29 is 4.74 Å². The van der Waals surface area contributed by atoms with E-state index in [1.807, 2.05) is 18.2 Å². The lowest BCUT2D eigenvalue weighted by Crippen LogP contribution is -2.21. The highest BCUT2D eigenvalue weighted by Crippen LogP contribution is 2.26. The molecule has 3 nitrogen and oxygen atoms in total. The molecule has 1 aromatic rings. The molecule has 17 heavy (non-hydrogen) atoms. The lowest BCUT2D eigenvalue weighted by Gasteiger charge is -2.16. The van der Waals surface area contributed by atoms with Crippen molar-refractivity contribution >= 4 is 21.6 Å². The highest BCUT2D eigenvalue weighted by molar-refractivity contribution is 9.10. The summed E-state index contributed by atoms with van der Waals surface area (Å²) < 4.78 is 6.35. The fourth-order valence-corrected chi connectivity index (χ4v) is 2.53. The Morgan fingerprint density at radius 2 is 2.41 bits per heavy atom.